The Balaban J connectivity index is 1.55. The van der Waals surface area contributed by atoms with Crippen LogP contribution in [-0.2, 0) is 23.0 Å². The largest absolute Gasteiger partial charge is 0.497 e. The van der Waals surface area contributed by atoms with Gasteiger partial charge < -0.3 is 4.74 Å². The highest BCUT2D eigenvalue weighted by molar-refractivity contribution is 7.89. The van der Waals surface area contributed by atoms with Crippen molar-refractivity contribution in [3.8, 4) is 5.75 Å². The third-order valence-electron chi connectivity index (χ3n) is 5.09. The molecule has 5 nitrogen and oxygen atoms in total. The van der Waals surface area contributed by atoms with Gasteiger partial charge in [0.15, 0.2) is 0 Å². The summed E-state index contributed by atoms with van der Waals surface area (Å²) in [6, 6.07) is 12.1. The van der Waals surface area contributed by atoms with Gasteiger partial charge in [0.2, 0.25) is 10.0 Å². The van der Waals surface area contributed by atoms with Gasteiger partial charge in [0.1, 0.15) is 5.75 Å². The van der Waals surface area contributed by atoms with Crippen LogP contribution in [0.1, 0.15) is 28.7 Å². The molecule has 0 radical (unpaired) electrons. The zero-order valence-corrected chi connectivity index (χ0v) is 17.1. The number of sulfonamides is 1. The summed E-state index contributed by atoms with van der Waals surface area (Å²) in [7, 11) is -1.94. The number of rotatable bonds is 7. The summed E-state index contributed by atoms with van der Waals surface area (Å²) in [6.45, 7) is 6.90. The number of nitrogens with zero attached hydrogens (tertiary/aromatic N) is 1. The van der Waals surface area contributed by atoms with Crippen molar-refractivity contribution in [3.63, 3.8) is 0 Å². The lowest BCUT2D eigenvalue weighted by Gasteiger charge is -2.28. The lowest BCUT2D eigenvalue weighted by Crippen LogP contribution is -2.34. The molecule has 0 amide bonds. The van der Waals surface area contributed by atoms with Crippen molar-refractivity contribution in [2.45, 2.75) is 38.1 Å². The van der Waals surface area contributed by atoms with Gasteiger partial charge in [-0.3, -0.25) is 4.90 Å². The Morgan fingerprint density at radius 3 is 2.44 bits per heavy atom. The molecule has 0 fully saturated rings. The molecule has 6 heteroatoms. The average molecular weight is 389 g/mol. The minimum absolute atomic E-state index is 0.357. The van der Waals surface area contributed by atoms with Crippen molar-refractivity contribution in [3.05, 3.63) is 58.7 Å². The van der Waals surface area contributed by atoms with Crippen LogP contribution < -0.4 is 9.46 Å². The molecule has 0 atom stereocenters. The number of fused-ring (bicyclic) bond motifs is 1. The first-order valence-electron chi connectivity index (χ1n) is 9.35. The van der Waals surface area contributed by atoms with Crippen LogP contribution in [0.15, 0.2) is 41.3 Å². The van der Waals surface area contributed by atoms with E-state index in [0.717, 1.165) is 32.5 Å². The van der Waals surface area contributed by atoms with Gasteiger partial charge in [-0.25, -0.2) is 13.1 Å². The van der Waals surface area contributed by atoms with E-state index in [4.69, 9.17) is 4.74 Å². The number of methoxy groups -OCH3 is 1. The molecule has 0 spiro atoms. The second-order valence-corrected chi connectivity index (χ2v) is 8.84. The third-order valence-corrected chi connectivity index (χ3v) is 6.86. The molecule has 2 aromatic carbocycles. The maximum absolute atomic E-state index is 12.7. The Bertz CT molecular complexity index is 886. The summed E-state index contributed by atoms with van der Waals surface area (Å²) in [5.74, 6) is 0.675. The van der Waals surface area contributed by atoms with Crippen molar-refractivity contribution in [1.29, 1.82) is 0 Å². The molecular formula is C21H28N2O3S. The summed E-state index contributed by atoms with van der Waals surface area (Å²) in [5.41, 5.74) is 4.22. The highest BCUT2D eigenvalue weighted by atomic mass is 32.2. The second-order valence-electron chi connectivity index (χ2n) is 7.14. The van der Waals surface area contributed by atoms with Crippen LogP contribution in [0, 0.1) is 13.8 Å². The van der Waals surface area contributed by atoms with Crippen LogP contribution in [0.25, 0.3) is 0 Å². The average Bonchev–Trinajstić information content (AvgIpc) is 2.64. The molecule has 0 saturated carbocycles. The minimum atomic E-state index is -3.52. The van der Waals surface area contributed by atoms with Gasteiger partial charge in [-0.05, 0) is 67.6 Å². The van der Waals surface area contributed by atoms with E-state index in [9.17, 15) is 8.42 Å². The van der Waals surface area contributed by atoms with Crippen molar-refractivity contribution in [2.24, 2.45) is 0 Å². The highest BCUT2D eigenvalue weighted by Crippen LogP contribution is 2.25. The van der Waals surface area contributed by atoms with Gasteiger partial charge in [-0.1, -0.05) is 24.3 Å². The van der Waals surface area contributed by atoms with Crippen molar-refractivity contribution < 1.29 is 13.2 Å². The molecular weight excluding hydrogens is 360 g/mol. The smallest absolute Gasteiger partial charge is 0.241 e. The topological polar surface area (TPSA) is 58.6 Å². The molecule has 0 unspecified atom stereocenters. The van der Waals surface area contributed by atoms with Gasteiger partial charge in [-0.2, -0.15) is 0 Å². The van der Waals surface area contributed by atoms with Gasteiger partial charge in [0.25, 0.3) is 0 Å². The fourth-order valence-corrected chi connectivity index (χ4v) is 5.30. The van der Waals surface area contributed by atoms with Crippen molar-refractivity contribution in [1.82, 2.24) is 9.62 Å². The lowest BCUT2D eigenvalue weighted by atomic mass is 10.00. The third kappa shape index (κ3) is 4.69. The number of aryl methyl sites for hydroxylation is 2. The SMILES string of the molecule is COc1cc(C)c(S(=O)(=O)NCCCN2CCc3ccccc3C2)c(C)c1. The first-order chi connectivity index (χ1) is 12.9. The summed E-state index contributed by atoms with van der Waals surface area (Å²) in [5, 5.41) is 0. The van der Waals surface area contributed by atoms with Crippen LogP contribution in [0.5, 0.6) is 5.75 Å². The summed E-state index contributed by atoms with van der Waals surface area (Å²) < 4.78 is 33.4. The van der Waals surface area contributed by atoms with Crippen LogP contribution in [0.3, 0.4) is 0 Å². The molecule has 1 heterocycles. The quantitative estimate of drug-likeness (QED) is 0.741. The van der Waals surface area contributed by atoms with E-state index in [-0.39, 0.29) is 0 Å². The monoisotopic (exact) mass is 388 g/mol. The van der Waals surface area contributed by atoms with Gasteiger partial charge in [0, 0.05) is 19.6 Å². The molecule has 146 valence electrons. The molecule has 27 heavy (non-hydrogen) atoms. The Hall–Kier alpha value is -1.89. The molecule has 3 rings (SSSR count). The molecule has 1 aliphatic heterocycles. The minimum Gasteiger partial charge on any atom is -0.497 e. The molecule has 1 aliphatic rings. The fourth-order valence-electron chi connectivity index (χ4n) is 3.78. The maximum atomic E-state index is 12.7. The zero-order valence-electron chi connectivity index (χ0n) is 16.3. The first kappa shape index (κ1) is 19.9. The number of nitrogens with one attached hydrogen (secondary N) is 1. The van der Waals surface area contributed by atoms with E-state index in [0.29, 0.717) is 28.3 Å². The zero-order chi connectivity index (χ0) is 19.4. The predicted octanol–water partition coefficient (Wildman–Crippen LogP) is 3.04. The van der Waals surface area contributed by atoms with E-state index >= 15 is 0 Å². The van der Waals surface area contributed by atoms with E-state index in [2.05, 4.69) is 33.9 Å². The molecule has 0 bridgehead atoms. The summed E-state index contributed by atoms with van der Waals surface area (Å²) in [4.78, 5) is 2.75. The van der Waals surface area contributed by atoms with E-state index in [1.54, 1.807) is 33.1 Å². The van der Waals surface area contributed by atoms with Gasteiger partial charge in [0.05, 0.1) is 12.0 Å². The van der Waals surface area contributed by atoms with Crippen LogP contribution in [0.4, 0.5) is 0 Å². The van der Waals surface area contributed by atoms with Crippen LogP contribution in [-0.4, -0.2) is 40.1 Å². The van der Waals surface area contributed by atoms with Crippen molar-refractivity contribution >= 4 is 10.0 Å². The predicted molar refractivity (Wildman–Crippen MR) is 108 cm³/mol. The molecule has 1 N–H and O–H groups in total. The Morgan fingerprint density at radius 1 is 1.11 bits per heavy atom. The first-order valence-corrected chi connectivity index (χ1v) is 10.8. The number of ether oxygens (including phenoxy) is 1. The molecule has 0 saturated heterocycles. The van der Waals surface area contributed by atoms with E-state index in [1.165, 1.54) is 11.1 Å². The second kappa shape index (κ2) is 8.42. The van der Waals surface area contributed by atoms with Gasteiger partial charge in [-0.15, -0.1) is 0 Å². The summed E-state index contributed by atoms with van der Waals surface area (Å²) >= 11 is 0. The van der Waals surface area contributed by atoms with Crippen molar-refractivity contribution in [2.75, 3.05) is 26.7 Å². The molecule has 0 aromatic heterocycles. The lowest BCUT2D eigenvalue weighted by molar-refractivity contribution is 0.251. The van der Waals surface area contributed by atoms with Gasteiger partial charge >= 0.3 is 0 Å². The molecule has 0 aliphatic carbocycles. The standard InChI is InChI=1S/C21H28N2O3S/c1-16-13-20(26-3)14-17(2)21(16)27(24,25)22-10-6-11-23-12-9-18-7-4-5-8-19(18)15-23/h4-5,7-8,13-14,22H,6,9-12,15H2,1-3H3. The summed E-state index contributed by atoms with van der Waals surface area (Å²) in [6.07, 6.45) is 1.85. The number of benzene rings is 2. The Labute approximate surface area is 162 Å². The molecule has 2 aromatic rings. The fraction of sp³-hybridized carbons (Fsp3) is 0.429. The van der Waals surface area contributed by atoms with Crippen LogP contribution in [0.2, 0.25) is 0 Å². The van der Waals surface area contributed by atoms with E-state index in [1.807, 2.05) is 0 Å². The number of hydrogen-bond acceptors (Lipinski definition) is 4. The highest BCUT2D eigenvalue weighted by Gasteiger charge is 2.20. The number of hydrogen-bond donors (Lipinski definition) is 1. The maximum Gasteiger partial charge on any atom is 0.241 e. The van der Waals surface area contributed by atoms with Crippen LogP contribution >= 0.6 is 0 Å². The normalized spacial score (nSPS) is 14.8. The van der Waals surface area contributed by atoms with E-state index < -0.39 is 10.0 Å². The Morgan fingerprint density at radius 2 is 1.78 bits per heavy atom. The Kier molecular flexibility index (Phi) is 6.19.